The molecule has 0 saturated heterocycles. The highest BCUT2D eigenvalue weighted by atomic mass is 32.1. The second kappa shape index (κ2) is 7.82. The summed E-state index contributed by atoms with van der Waals surface area (Å²) in [6, 6.07) is 2.29. The summed E-state index contributed by atoms with van der Waals surface area (Å²) in [4.78, 5) is 2.86. The average Bonchev–Trinajstić information content (AvgIpc) is 2.56. The van der Waals surface area contributed by atoms with Crippen LogP contribution >= 0.6 is 11.3 Å². The summed E-state index contributed by atoms with van der Waals surface area (Å²) in [6.07, 6.45) is 3.67. The quantitative estimate of drug-likeness (QED) is 0.705. The van der Waals surface area contributed by atoms with Gasteiger partial charge in [0.2, 0.25) is 0 Å². The van der Waals surface area contributed by atoms with Crippen molar-refractivity contribution in [3.8, 4) is 0 Å². The molecular formula is C13H23NOS. The first-order chi connectivity index (χ1) is 7.74. The third-order valence-electron chi connectivity index (χ3n) is 2.66. The zero-order chi connectivity index (χ0) is 11.8. The topological polar surface area (TPSA) is 21.3 Å². The molecule has 3 heteroatoms. The van der Waals surface area contributed by atoms with Crippen molar-refractivity contribution in [2.45, 2.75) is 39.7 Å². The van der Waals surface area contributed by atoms with E-state index in [0.29, 0.717) is 0 Å². The lowest BCUT2D eigenvalue weighted by molar-refractivity contribution is 0.192. The second-order valence-corrected chi connectivity index (χ2v) is 5.63. The summed E-state index contributed by atoms with van der Waals surface area (Å²) in [5.74, 6) is 0. The van der Waals surface area contributed by atoms with Crippen LogP contribution < -0.4 is 5.32 Å². The highest BCUT2D eigenvalue weighted by molar-refractivity contribution is 7.12. The minimum atomic E-state index is 0.892. The minimum absolute atomic E-state index is 0.892. The maximum Gasteiger partial charge on any atom is 0.0462 e. The van der Waals surface area contributed by atoms with Crippen LogP contribution in [0.1, 0.15) is 34.6 Å². The van der Waals surface area contributed by atoms with Crippen molar-refractivity contribution in [1.29, 1.82) is 0 Å². The smallest absolute Gasteiger partial charge is 0.0462 e. The summed E-state index contributed by atoms with van der Waals surface area (Å²) in [5, 5.41) is 3.50. The molecule has 0 aliphatic rings. The SMILES string of the molecule is COCCCCCNCc1cc(C)sc1C. The molecule has 92 valence electrons. The molecule has 2 nitrogen and oxygen atoms in total. The summed E-state index contributed by atoms with van der Waals surface area (Å²) < 4.78 is 5.02. The molecule has 0 amide bonds. The molecule has 0 spiro atoms. The Morgan fingerprint density at radius 2 is 2.06 bits per heavy atom. The van der Waals surface area contributed by atoms with Gasteiger partial charge >= 0.3 is 0 Å². The van der Waals surface area contributed by atoms with Crippen LogP contribution in [-0.2, 0) is 11.3 Å². The van der Waals surface area contributed by atoms with Gasteiger partial charge in [-0.2, -0.15) is 0 Å². The lowest BCUT2D eigenvalue weighted by Gasteiger charge is -2.04. The van der Waals surface area contributed by atoms with Crippen molar-refractivity contribution in [2.24, 2.45) is 0 Å². The Morgan fingerprint density at radius 1 is 1.25 bits per heavy atom. The fraction of sp³-hybridized carbons (Fsp3) is 0.692. The number of nitrogens with one attached hydrogen (secondary N) is 1. The monoisotopic (exact) mass is 241 g/mol. The highest BCUT2D eigenvalue weighted by Crippen LogP contribution is 2.20. The molecule has 1 N–H and O–H groups in total. The Labute approximate surface area is 103 Å². The Balaban J connectivity index is 2.05. The van der Waals surface area contributed by atoms with E-state index < -0.39 is 0 Å². The van der Waals surface area contributed by atoms with Crippen LogP contribution in [0.4, 0.5) is 0 Å². The lowest BCUT2D eigenvalue weighted by atomic mass is 10.2. The first kappa shape index (κ1) is 13.7. The maximum absolute atomic E-state index is 5.02. The van der Waals surface area contributed by atoms with Gasteiger partial charge in [-0.25, -0.2) is 0 Å². The molecule has 0 saturated carbocycles. The van der Waals surface area contributed by atoms with Gasteiger partial charge in [-0.3, -0.25) is 0 Å². The Morgan fingerprint density at radius 3 is 2.69 bits per heavy atom. The van der Waals surface area contributed by atoms with E-state index >= 15 is 0 Å². The van der Waals surface area contributed by atoms with E-state index in [1.54, 1.807) is 7.11 Å². The van der Waals surface area contributed by atoms with Gasteiger partial charge in [0.15, 0.2) is 0 Å². The second-order valence-electron chi connectivity index (χ2n) is 4.17. The van der Waals surface area contributed by atoms with Gasteiger partial charge in [-0.15, -0.1) is 11.3 Å². The number of hydrogen-bond acceptors (Lipinski definition) is 3. The van der Waals surface area contributed by atoms with Crippen molar-refractivity contribution in [3.05, 3.63) is 21.4 Å². The predicted molar refractivity (Wildman–Crippen MR) is 71.2 cm³/mol. The highest BCUT2D eigenvalue weighted by Gasteiger charge is 2.01. The van der Waals surface area contributed by atoms with Crippen LogP contribution in [0.5, 0.6) is 0 Å². The fourth-order valence-electron chi connectivity index (χ4n) is 1.76. The predicted octanol–water partition coefficient (Wildman–Crippen LogP) is 3.27. The van der Waals surface area contributed by atoms with Crippen molar-refractivity contribution in [3.63, 3.8) is 0 Å². The molecule has 1 aromatic heterocycles. The molecule has 1 rings (SSSR count). The summed E-state index contributed by atoms with van der Waals surface area (Å²) in [6.45, 7) is 7.39. The molecule has 16 heavy (non-hydrogen) atoms. The van der Waals surface area contributed by atoms with Crippen molar-refractivity contribution in [2.75, 3.05) is 20.3 Å². The van der Waals surface area contributed by atoms with E-state index in [9.17, 15) is 0 Å². The van der Waals surface area contributed by atoms with Crippen molar-refractivity contribution in [1.82, 2.24) is 5.32 Å². The van der Waals surface area contributed by atoms with Gasteiger partial charge in [0, 0.05) is 30.0 Å². The molecule has 0 bridgehead atoms. The number of rotatable bonds is 8. The molecule has 0 fully saturated rings. The molecule has 0 aliphatic carbocycles. The molecular weight excluding hydrogens is 218 g/mol. The van der Waals surface area contributed by atoms with E-state index in [-0.39, 0.29) is 0 Å². The molecule has 1 heterocycles. The summed E-state index contributed by atoms with van der Waals surface area (Å²) in [5.41, 5.74) is 1.46. The van der Waals surface area contributed by atoms with Gasteiger partial charge in [-0.05, 0) is 51.3 Å². The lowest BCUT2D eigenvalue weighted by Crippen LogP contribution is -2.14. The van der Waals surface area contributed by atoms with E-state index in [1.807, 2.05) is 11.3 Å². The largest absolute Gasteiger partial charge is 0.385 e. The molecule has 1 aromatic rings. The standard InChI is InChI=1S/C13H23NOS/c1-11-9-13(12(2)16-11)10-14-7-5-4-6-8-15-3/h9,14H,4-8,10H2,1-3H3. The van der Waals surface area contributed by atoms with Crippen LogP contribution in [0.15, 0.2) is 6.07 Å². The number of hydrogen-bond donors (Lipinski definition) is 1. The van der Waals surface area contributed by atoms with Crippen LogP contribution in [-0.4, -0.2) is 20.3 Å². The molecule has 0 unspecified atom stereocenters. The Hall–Kier alpha value is -0.380. The third-order valence-corrected chi connectivity index (χ3v) is 3.67. The van der Waals surface area contributed by atoms with E-state index in [0.717, 1.165) is 19.7 Å². The number of unbranched alkanes of at least 4 members (excludes halogenated alkanes) is 2. The average molecular weight is 241 g/mol. The van der Waals surface area contributed by atoms with Gasteiger partial charge in [-0.1, -0.05) is 0 Å². The summed E-state index contributed by atoms with van der Waals surface area (Å²) >= 11 is 1.89. The van der Waals surface area contributed by atoms with Crippen LogP contribution in [0.25, 0.3) is 0 Å². The number of methoxy groups -OCH3 is 1. The first-order valence-electron chi connectivity index (χ1n) is 5.99. The van der Waals surface area contributed by atoms with Crippen molar-refractivity contribution < 1.29 is 4.74 Å². The third kappa shape index (κ3) is 5.10. The fourth-order valence-corrected chi connectivity index (χ4v) is 2.70. The minimum Gasteiger partial charge on any atom is -0.385 e. The zero-order valence-corrected chi connectivity index (χ0v) is 11.5. The number of aryl methyl sites for hydroxylation is 2. The first-order valence-corrected chi connectivity index (χ1v) is 6.81. The van der Waals surface area contributed by atoms with E-state index in [1.165, 1.54) is 34.6 Å². The molecule has 0 atom stereocenters. The molecule has 0 aromatic carbocycles. The van der Waals surface area contributed by atoms with Crippen LogP contribution in [0, 0.1) is 13.8 Å². The van der Waals surface area contributed by atoms with Crippen LogP contribution in [0.2, 0.25) is 0 Å². The van der Waals surface area contributed by atoms with Gasteiger partial charge in [0.05, 0.1) is 0 Å². The van der Waals surface area contributed by atoms with E-state index in [4.69, 9.17) is 4.74 Å². The van der Waals surface area contributed by atoms with Crippen LogP contribution in [0.3, 0.4) is 0 Å². The van der Waals surface area contributed by atoms with Gasteiger partial charge in [0.1, 0.15) is 0 Å². The van der Waals surface area contributed by atoms with Crippen molar-refractivity contribution >= 4 is 11.3 Å². The van der Waals surface area contributed by atoms with E-state index in [2.05, 4.69) is 25.2 Å². The number of ether oxygens (including phenoxy) is 1. The normalized spacial score (nSPS) is 10.9. The number of thiophene rings is 1. The van der Waals surface area contributed by atoms with Gasteiger partial charge < -0.3 is 10.1 Å². The molecule has 0 radical (unpaired) electrons. The Bertz CT molecular complexity index is 296. The summed E-state index contributed by atoms with van der Waals surface area (Å²) in [7, 11) is 1.76. The Kier molecular flexibility index (Phi) is 6.69. The zero-order valence-electron chi connectivity index (χ0n) is 10.6. The molecule has 0 aliphatic heterocycles. The van der Waals surface area contributed by atoms with Gasteiger partial charge in [0.25, 0.3) is 0 Å². The maximum atomic E-state index is 5.02.